The molecule has 4 heteroatoms. The summed E-state index contributed by atoms with van der Waals surface area (Å²) in [4.78, 5) is 0. The molecule has 2 nitrogen and oxygen atoms in total. The first-order valence-electron chi connectivity index (χ1n) is 4.90. The maximum atomic E-state index is 9.20. The van der Waals surface area contributed by atoms with Crippen molar-refractivity contribution in [1.82, 2.24) is 0 Å². The van der Waals surface area contributed by atoms with E-state index in [0.29, 0.717) is 11.6 Å². The lowest BCUT2D eigenvalue weighted by Crippen LogP contribution is -2.11. The minimum atomic E-state index is -0.0133. The van der Waals surface area contributed by atoms with Crippen LogP contribution in [0.3, 0.4) is 0 Å². The number of hydrogen-bond acceptors (Lipinski definition) is 2. The number of aliphatic hydroxyl groups excluding tert-OH is 1. The molecule has 2 atom stereocenters. The van der Waals surface area contributed by atoms with Gasteiger partial charge in [0, 0.05) is 23.6 Å². The molecular weight excluding hydrogens is 279 g/mol. The Balaban J connectivity index is 2.25. The van der Waals surface area contributed by atoms with Gasteiger partial charge in [-0.3, -0.25) is 0 Å². The lowest BCUT2D eigenvalue weighted by atomic mass is 9.96. The number of hydrogen-bond donors (Lipinski definition) is 1. The minimum absolute atomic E-state index is 0.0133. The molecule has 0 saturated carbocycles. The maximum Gasteiger partial charge on any atom is 0.0876 e. The molecular formula is C11H12BrClO2. The van der Waals surface area contributed by atoms with E-state index in [1.54, 1.807) is 0 Å². The highest BCUT2D eigenvalue weighted by atomic mass is 79.9. The molecule has 1 aromatic rings. The van der Waals surface area contributed by atoms with E-state index in [4.69, 9.17) is 16.3 Å². The van der Waals surface area contributed by atoms with E-state index in [-0.39, 0.29) is 18.6 Å². The monoisotopic (exact) mass is 290 g/mol. The van der Waals surface area contributed by atoms with Gasteiger partial charge in [-0.1, -0.05) is 17.7 Å². The highest BCUT2D eigenvalue weighted by Gasteiger charge is 2.29. The Morgan fingerprint density at radius 1 is 1.53 bits per heavy atom. The molecule has 2 unspecified atom stereocenters. The van der Waals surface area contributed by atoms with Crippen molar-refractivity contribution in [1.29, 1.82) is 0 Å². The van der Waals surface area contributed by atoms with Crippen LogP contribution in [0.25, 0.3) is 0 Å². The number of aliphatic hydroxyl groups is 1. The van der Waals surface area contributed by atoms with Gasteiger partial charge in [0.15, 0.2) is 0 Å². The molecule has 0 spiro atoms. The number of rotatable bonds is 2. The number of ether oxygens (including phenoxy) is 1. The summed E-state index contributed by atoms with van der Waals surface area (Å²) >= 11 is 9.37. The molecule has 15 heavy (non-hydrogen) atoms. The summed E-state index contributed by atoms with van der Waals surface area (Å²) in [5, 5.41) is 9.88. The summed E-state index contributed by atoms with van der Waals surface area (Å²) in [6, 6.07) is 5.78. The van der Waals surface area contributed by atoms with Gasteiger partial charge in [-0.2, -0.15) is 0 Å². The zero-order valence-corrected chi connectivity index (χ0v) is 10.5. The summed E-state index contributed by atoms with van der Waals surface area (Å²) in [7, 11) is 0. The molecule has 1 aliphatic heterocycles. The van der Waals surface area contributed by atoms with E-state index in [0.717, 1.165) is 16.5 Å². The van der Waals surface area contributed by atoms with Gasteiger partial charge in [0.2, 0.25) is 0 Å². The second-order valence-corrected chi connectivity index (χ2v) is 4.96. The molecule has 0 radical (unpaired) electrons. The summed E-state index contributed by atoms with van der Waals surface area (Å²) in [6.45, 7) is 0.877. The summed E-state index contributed by atoms with van der Waals surface area (Å²) in [5.41, 5.74) is 1.04. The molecule has 2 rings (SSSR count). The standard InChI is InChI=1S/C11H12BrClO2/c12-9-2-1-7(5-10(9)13)11-8(6-14)3-4-15-11/h1-2,5,8,11,14H,3-4,6H2. The van der Waals surface area contributed by atoms with Crippen molar-refractivity contribution < 1.29 is 9.84 Å². The summed E-state index contributed by atoms with van der Waals surface area (Å²) in [6.07, 6.45) is 0.898. The quantitative estimate of drug-likeness (QED) is 0.907. The third-order valence-corrected chi connectivity index (χ3v) is 3.95. The van der Waals surface area contributed by atoms with Gasteiger partial charge in [0.25, 0.3) is 0 Å². The van der Waals surface area contributed by atoms with Gasteiger partial charge in [0.05, 0.1) is 11.1 Å². The predicted octanol–water partition coefficient (Wildman–Crippen LogP) is 3.17. The average Bonchev–Trinajstić information content (AvgIpc) is 2.70. The number of halogens is 2. The average molecular weight is 292 g/mol. The van der Waals surface area contributed by atoms with Crippen molar-refractivity contribution in [2.75, 3.05) is 13.2 Å². The third-order valence-electron chi connectivity index (χ3n) is 2.72. The largest absolute Gasteiger partial charge is 0.396 e. The van der Waals surface area contributed by atoms with Gasteiger partial charge in [-0.15, -0.1) is 0 Å². The molecule has 1 fully saturated rings. The lowest BCUT2D eigenvalue weighted by Gasteiger charge is -2.17. The van der Waals surface area contributed by atoms with Gasteiger partial charge < -0.3 is 9.84 Å². The Morgan fingerprint density at radius 3 is 3.00 bits per heavy atom. The van der Waals surface area contributed by atoms with Crippen molar-refractivity contribution in [2.45, 2.75) is 12.5 Å². The van der Waals surface area contributed by atoms with Crippen LogP contribution >= 0.6 is 27.5 Å². The highest BCUT2D eigenvalue weighted by molar-refractivity contribution is 9.10. The van der Waals surface area contributed by atoms with Crippen molar-refractivity contribution in [3.05, 3.63) is 33.3 Å². The van der Waals surface area contributed by atoms with E-state index in [9.17, 15) is 5.11 Å². The van der Waals surface area contributed by atoms with Crippen LogP contribution in [-0.2, 0) is 4.74 Å². The third kappa shape index (κ3) is 2.36. The zero-order chi connectivity index (χ0) is 10.8. The van der Waals surface area contributed by atoms with Gasteiger partial charge in [-0.05, 0) is 40.0 Å². The Hall–Kier alpha value is -0.0900. The maximum absolute atomic E-state index is 9.20. The first kappa shape index (κ1) is 11.4. The fraction of sp³-hybridized carbons (Fsp3) is 0.455. The highest BCUT2D eigenvalue weighted by Crippen LogP contribution is 2.36. The van der Waals surface area contributed by atoms with Crippen LogP contribution < -0.4 is 0 Å². The van der Waals surface area contributed by atoms with E-state index in [1.165, 1.54) is 0 Å². The van der Waals surface area contributed by atoms with Gasteiger partial charge in [0.1, 0.15) is 0 Å². The molecule has 0 aromatic heterocycles. The number of benzene rings is 1. The normalized spacial score (nSPS) is 25.8. The molecule has 82 valence electrons. The fourth-order valence-corrected chi connectivity index (χ4v) is 2.31. The van der Waals surface area contributed by atoms with Gasteiger partial charge in [-0.25, -0.2) is 0 Å². The second-order valence-electron chi connectivity index (χ2n) is 3.70. The Bertz CT molecular complexity index is 356. The van der Waals surface area contributed by atoms with Crippen molar-refractivity contribution >= 4 is 27.5 Å². The van der Waals surface area contributed by atoms with Crippen molar-refractivity contribution in [3.63, 3.8) is 0 Å². The van der Waals surface area contributed by atoms with E-state index < -0.39 is 0 Å². The molecule has 0 amide bonds. The van der Waals surface area contributed by atoms with E-state index in [2.05, 4.69) is 15.9 Å². The van der Waals surface area contributed by atoms with E-state index >= 15 is 0 Å². The topological polar surface area (TPSA) is 29.5 Å². The SMILES string of the molecule is OCC1CCOC1c1ccc(Br)c(Cl)c1. The van der Waals surface area contributed by atoms with Crippen LogP contribution in [-0.4, -0.2) is 18.3 Å². The fourth-order valence-electron chi connectivity index (χ4n) is 1.88. The molecule has 1 N–H and O–H groups in total. The molecule has 0 bridgehead atoms. The second kappa shape index (κ2) is 4.83. The lowest BCUT2D eigenvalue weighted by molar-refractivity contribution is 0.0720. The van der Waals surface area contributed by atoms with E-state index in [1.807, 2.05) is 18.2 Å². The summed E-state index contributed by atoms with van der Waals surface area (Å²) < 4.78 is 6.48. The summed E-state index contributed by atoms with van der Waals surface area (Å²) in [5.74, 6) is 0.197. The van der Waals surface area contributed by atoms with Crippen LogP contribution in [0.15, 0.2) is 22.7 Å². The molecule has 0 aliphatic carbocycles. The molecule has 1 aliphatic rings. The van der Waals surface area contributed by atoms with Crippen LogP contribution in [0.1, 0.15) is 18.1 Å². The van der Waals surface area contributed by atoms with Crippen LogP contribution in [0.4, 0.5) is 0 Å². The first-order chi connectivity index (χ1) is 7.22. The van der Waals surface area contributed by atoms with Crippen molar-refractivity contribution in [2.24, 2.45) is 5.92 Å². The molecule has 1 heterocycles. The van der Waals surface area contributed by atoms with Crippen molar-refractivity contribution in [3.8, 4) is 0 Å². The Kier molecular flexibility index (Phi) is 3.67. The minimum Gasteiger partial charge on any atom is -0.396 e. The van der Waals surface area contributed by atoms with Crippen LogP contribution in [0, 0.1) is 5.92 Å². The Morgan fingerprint density at radius 2 is 2.33 bits per heavy atom. The van der Waals surface area contributed by atoms with Crippen LogP contribution in [0.2, 0.25) is 5.02 Å². The van der Waals surface area contributed by atoms with Gasteiger partial charge >= 0.3 is 0 Å². The molecule has 1 saturated heterocycles. The van der Waals surface area contributed by atoms with Crippen LogP contribution in [0.5, 0.6) is 0 Å². The predicted molar refractivity (Wildman–Crippen MR) is 63.0 cm³/mol. The zero-order valence-electron chi connectivity index (χ0n) is 8.12. The smallest absolute Gasteiger partial charge is 0.0876 e. The molecule has 1 aromatic carbocycles. The Labute approximate surface area is 102 Å². The first-order valence-corrected chi connectivity index (χ1v) is 6.07.